The number of nitrogens with zero attached hydrogens (tertiary/aromatic N) is 1. The quantitative estimate of drug-likeness (QED) is 0.556. The predicted octanol–water partition coefficient (Wildman–Crippen LogP) is 5.05. The molecule has 0 fully saturated rings. The highest BCUT2D eigenvalue weighted by atomic mass is 32.1. The minimum absolute atomic E-state index is 0.0446. The zero-order valence-electron chi connectivity index (χ0n) is 12.7. The van der Waals surface area contributed by atoms with Crippen molar-refractivity contribution in [1.82, 2.24) is 4.98 Å². The molecule has 3 heterocycles. The standard InChI is InChI=1S/C18H11FN2O3S/c19-12-6-2-1-5-11(12)17(22)21-18-20-15(13-7-3-9-23-13)16(25-18)14-8-4-10-24-14/h1-10H,(H,20,21,22). The van der Waals surface area contributed by atoms with Gasteiger partial charge in [-0.05, 0) is 36.4 Å². The number of rotatable bonds is 4. The Balaban J connectivity index is 1.71. The van der Waals surface area contributed by atoms with Crippen molar-refractivity contribution in [1.29, 1.82) is 0 Å². The van der Waals surface area contributed by atoms with Crippen molar-refractivity contribution in [2.45, 2.75) is 0 Å². The molecular weight excluding hydrogens is 343 g/mol. The van der Waals surface area contributed by atoms with Crippen molar-refractivity contribution in [3.8, 4) is 22.1 Å². The maximum absolute atomic E-state index is 13.8. The molecule has 0 bridgehead atoms. The minimum atomic E-state index is -0.589. The zero-order valence-corrected chi connectivity index (χ0v) is 13.5. The van der Waals surface area contributed by atoms with Gasteiger partial charge in [0, 0.05) is 0 Å². The van der Waals surface area contributed by atoms with E-state index in [0.717, 1.165) is 0 Å². The van der Waals surface area contributed by atoms with Gasteiger partial charge in [-0.3, -0.25) is 10.1 Å². The molecule has 0 radical (unpaired) electrons. The molecule has 0 saturated heterocycles. The Morgan fingerprint density at radius 3 is 2.40 bits per heavy atom. The molecule has 1 N–H and O–H groups in total. The van der Waals surface area contributed by atoms with Crippen molar-refractivity contribution in [3.63, 3.8) is 0 Å². The molecule has 0 aliphatic rings. The molecule has 0 aliphatic heterocycles. The summed E-state index contributed by atoms with van der Waals surface area (Å²) in [5.74, 6) is 0.00208. The molecule has 4 rings (SSSR count). The van der Waals surface area contributed by atoms with Gasteiger partial charge >= 0.3 is 0 Å². The summed E-state index contributed by atoms with van der Waals surface area (Å²) in [4.78, 5) is 17.4. The SMILES string of the molecule is O=C(Nc1nc(-c2ccco2)c(-c2ccco2)s1)c1ccccc1F. The summed E-state index contributed by atoms with van der Waals surface area (Å²) in [5, 5.41) is 2.95. The topological polar surface area (TPSA) is 68.3 Å². The Morgan fingerprint density at radius 2 is 1.72 bits per heavy atom. The Labute approximate surface area is 145 Å². The van der Waals surface area contributed by atoms with E-state index in [-0.39, 0.29) is 5.56 Å². The number of halogens is 1. The summed E-state index contributed by atoms with van der Waals surface area (Å²) >= 11 is 1.23. The lowest BCUT2D eigenvalue weighted by molar-refractivity contribution is 0.102. The van der Waals surface area contributed by atoms with E-state index >= 15 is 0 Å². The maximum Gasteiger partial charge on any atom is 0.260 e. The average Bonchev–Trinajstić information content (AvgIpc) is 3.36. The second-order valence-corrected chi connectivity index (χ2v) is 6.08. The first-order chi connectivity index (χ1) is 12.2. The molecule has 0 atom stereocenters. The first kappa shape index (κ1) is 15.3. The van der Waals surface area contributed by atoms with Crippen LogP contribution >= 0.6 is 11.3 Å². The number of hydrogen-bond acceptors (Lipinski definition) is 5. The van der Waals surface area contributed by atoms with E-state index in [2.05, 4.69) is 10.3 Å². The van der Waals surface area contributed by atoms with Crippen LogP contribution in [0, 0.1) is 5.82 Å². The lowest BCUT2D eigenvalue weighted by Crippen LogP contribution is -2.13. The highest BCUT2D eigenvalue weighted by Gasteiger charge is 2.21. The van der Waals surface area contributed by atoms with Gasteiger partial charge in [-0.25, -0.2) is 9.37 Å². The summed E-state index contributed by atoms with van der Waals surface area (Å²) < 4.78 is 24.6. The molecule has 5 nitrogen and oxygen atoms in total. The van der Waals surface area contributed by atoms with Gasteiger partial charge in [0.25, 0.3) is 5.91 Å². The van der Waals surface area contributed by atoms with Crippen molar-refractivity contribution >= 4 is 22.4 Å². The van der Waals surface area contributed by atoms with Crippen LogP contribution < -0.4 is 5.32 Å². The Bertz CT molecular complexity index is 955. The normalized spacial score (nSPS) is 10.8. The number of carbonyl (C=O) groups is 1. The molecule has 1 aromatic carbocycles. The highest BCUT2D eigenvalue weighted by molar-refractivity contribution is 7.19. The van der Waals surface area contributed by atoms with Crippen molar-refractivity contribution in [2.24, 2.45) is 0 Å². The monoisotopic (exact) mass is 354 g/mol. The van der Waals surface area contributed by atoms with Crippen LogP contribution in [0.1, 0.15) is 10.4 Å². The van der Waals surface area contributed by atoms with Crippen LogP contribution in [0.15, 0.2) is 69.9 Å². The molecule has 4 aromatic rings. The van der Waals surface area contributed by atoms with Crippen LogP contribution in [0.25, 0.3) is 22.1 Å². The van der Waals surface area contributed by atoms with E-state index in [0.29, 0.717) is 27.2 Å². The maximum atomic E-state index is 13.8. The smallest absolute Gasteiger partial charge is 0.260 e. The van der Waals surface area contributed by atoms with Crippen LogP contribution in [0.5, 0.6) is 0 Å². The van der Waals surface area contributed by atoms with Crippen molar-refractivity contribution in [2.75, 3.05) is 5.32 Å². The fourth-order valence-corrected chi connectivity index (χ4v) is 3.27. The van der Waals surface area contributed by atoms with Gasteiger partial charge in [-0.1, -0.05) is 23.5 Å². The number of furan rings is 2. The molecule has 124 valence electrons. The molecule has 0 saturated carbocycles. The molecule has 25 heavy (non-hydrogen) atoms. The first-order valence-electron chi connectivity index (χ1n) is 7.37. The van der Waals surface area contributed by atoms with Gasteiger partial charge in [0.15, 0.2) is 10.9 Å². The highest BCUT2D eigenvalue weighted by Crippen LogP contribution is 2.39. The Kier molecular flexibility index (Phi) is 3.91. The number of aromatic nitrogens is 1. The second-order valence-electron chi connectivity index (χ2n) is 5.09. The summed E-state index contributed by atoms with van der Waals surface area (Å²) in [6, 6.07) is 12.9. The molecule has 0 aliphatic carbocycles. The van der Waals surface area contributed by atoms with Crippen LogP contribution in [-0.2, 0) is 0 Å². The van der Waals surface area contributed by atoms with E-state index in [1.165, 1.54) is 35.8 Å². The largest absolute Gasteiger partial charge is 0.463 e. The summed E-state index contributed by atoms with van der Waals surface area (Å²) in [6.07, 6.45) is 3.09. The number of amides is 1. The number of carbonyl (C=O) groups excluding carboxylic acids is 1. The molecule has 3 aromatic heterocycles. The van der Waals surface area contributed by atoms with Crippen molar-refractivity contribution in [3.05, 3.63) is 72.4 Å². The fraction of sp³-hybridized carbons (Fsp3) is 0. The summed E-state index contributed by atoms with van der Waals surface area (Å²) in [5.41, 5.74) is 0.505. The van der Waals surface area contributed by atoms with E-state index < -0.39 is 11.7 Å². The average molecular weight is 354 g/mol. The number of hydrogen-bond donors (Lipinski definition) is 1. The van der Waals surface area contributed by atoms with Crippen molar-refractivity contribution < 1.29 is 18.0 Å². The lowest BCUT2D eigenvalue weighted by atomic mass is 10.2. The van der Waals surface area contributed by atoms with E-state index in [9.17, 15) is 9.18 Å². The fourth-order valence-electron chi connectivity index (χ4n) is 2.34. The third-order valence-corrected chi connectivity index (χ3v) is 4.45. The number of thiazole rings is 1. The Morgan fingerprint density at radius 1 is 1.00 bits per heavy atom. The van der Waals surface area contributed by atoms with E-state index in [4.69, 9.17) is 8.83 Å². The molecule has 0 spiro atoms. The van der Waals surface area contributed by atoms with Gasteiger partial charge in [0.2, 0.25) is 0 Å². The summed E-state index contributed by atoms with van der Waals surface area (Å²) in [6.45, 7) is 0. The Hall–Kier alpha value is -3.19. The zero-order chi connectivity index (χ0) is 17.2. The van der Waals surface area contributed by atoms with Gasteiger partial charge < -0.3 is 8.83 Å². The van der Waals surface area contributed by atoms with Gasteiger partial charge in [0.1, 0.15) is 22.1 Å². The van der Waals surface area contributed by atoms with Crippen LogP contribution in [0.3, 0.4) is 0 Å². The number of anilines is 1. The van der Waals surface area contributed by atoms with Crippen LogP contribution in [0.4, 0.5) is 9.52 Å². The predicted molar refractivity (Wildman–Crippen MR) is 91.9 cm³/mol. The third-order valence-electron chi connectivity index (χ3n) is 3.47. The van der Waals surface area contributed by atoms with E-state index in [1.807, 2.05) is 0 Å². The molecular formula is C18H11FN2O3S. The molecule has 1 amide bonds. The van der Waals surface area contributed by atoms with Gasteiger partial charge in [-0.2, -0.15) is 0 Å². The van der Waals surface area contributed by atoms with Crippen LogP contribution in [-0.4, -0.2) is 10.9 Å². The molecule has 7 heteroatoms. The molecule has 0 unspecified atom stereocenters. The number of benzene rings is 1. The number of nitrogens with one attached hydrogen (secondary N) is 1. The van der Waals surface area contributed by atoms with Gasteiger partial charge in [-0.15, -0.1) is 0 Å². The van der Waals surface area contributed by atoms with Crippen LogP contribution in [0.2, 0.25) is 0 Å². The van der Waals surface area contributed by atoms with E-state index in [1.54, 1.807) is 36.6 Å². The second kappa shape index (κ2) is 6.37. The summed E-state index contributed by atoms with van der Waals surface area (Å²) in [7, 11) is 0. The minimum Gasteiger partial charge on any atom is -0.463 e. The first-order valence-corrected chi connectivity index (χ1v) is 8.18. The third kappa shape index (κ3) is 2.97. The lowest BCUT2D eigenvalue weighted by Gasteiger charge is -2.02. The van der Waals surface area contributed by atoms with Gasteiger partial charge in [0.05, 0.1) is 18.1 Å².